The molecule has 1 amide bonds. The molecule has 1 N–H and O–H groups in total. The number of hydrogen-bond donors (Lipinski definition) is 1. The van der Waals surface area contributed by atoms with E-state index < -0.39 is 12.0 Å². The third-order valence-corrected chi connectivity index (χ3v) is 4.72. The minimum atomic E-state index is -0.988. The molecule has 120 valence electrons. The van der Waals surface area contributed by atoms with Crippen LogP contribution in [0.15, 0.2) is 29.6 Å². The molecule has 7 heteroatoms. The van der Waals surface area contributed by atoms with Crippen molar-refractivity contribution in [1.29, 1.82) is 0 Å². The Morgan fingerprint density at radius 2 is 2.17 bits per heavy atom. The van der Waals surface area contributed by atoms with Gasteiger partial charge in [-0.25, -0.2) is 14.2 Å². The number of amides is 1. The highest BCUT2D eigenvalue weighted by Crippen LogP contribution is 2.22. The number of aliphatic carboxylic acids is 1. The SMILES string of the molecule is O=C(O)[C@H]1CCCN1C(=O)c1csc(Cc2ccccc2F)n1. The zero-order valence-corrected chi connectivity index (χ0v) is 13.1. The molecule has 1 atom stereocenters. The van der Waals surface area contributed by atoms with Crippen molar-refractivity contribution in [3.63, 3.8) is 0 Å². The highest BCUT2D eigenvalue weighted by atomic mass is 32.1. The second-order valence-corrected chi connectivity index (χ2v) is 6.33. The Morgan fingerprint density at radius 3 is 2.91 bits per heavy atom. The van der Waals surface area contributed by atoms with E-state index in [1.165, 1.54) is 22.3 Å². The van der Waals surface area contributed by atoms with E-state index >= 15 is 0 Å². The monoisotopic (exact) mass is 334 g/mol. The summed E-state index contributed by atoms with van der Waals surface area (Å²) in [6, 6.07) is 5.66. The van der Waals surface area contributed by atoms with Crippen LogP contribution in [0.4, 0.5) is 4.39 Å². The first-order valence-electron chi connectivity index (χ1n) is 7.28. The van der Waals surface area contributed by atoms with Gasteiger partial charge < -0.3 is 10.0 Å². The van der Waals surface area contributed by atoms with Crippen molar-refractivity contribution in [3.05, 3.63) is 51.7 Å². The van der Waals surface area contributed by atoms with Crippen LogP contribution in [0.5, 0.6) is 0 Å². The average molecular weight is 334 g/mol. The summed E-state index contributed by atoms with van der Waals surface area (Å²) in [4.78, 5) is 29.2. The number of likely N-dealkylation sites (tertiary alicyclic amines) is 1. The van der Waals surface area contributed by atoms with Crippen LogP contribution in [0.25, 0.3) is 0 Å². The molecule has 0 aliphatic carbocycles. The molecule has 0 spiro atoms. The fourth-order valence-corrected chi connectivity index (χ4v) is 3.50. The van der Waals surface area contributed by atoms with Gasteiger partial charge in [0.1, 0.15) is 17.6 Å². The molecule has 1 aliphatic rings. The molecule has 0 saturated carbocycles. The minimum Gasteiger partial charge on any atom is -0.480 e. The number of rotatable bonds is 4. The first-order chi connectivity index (χ1) is 11.1. The van der Waals surface area contributed by atoms with Crippen LogP contribution >= 0.6 is 11.3 Å². The largest absolute Gasteiger partial charge is 0.480 e. The summed E-state index contributed by atoms with van der Waals surface area (Å²) < 4.78 is 13.7. The summed E-state index contributed by atoms with van der Waals surface area (Å²) in [6.07, 6.45) is 1.45. The van der Waals surface area contributed by atoms with E-state index in [0.717, 1.165) is 0 Å². The van der Waals surface area contributed by atoms with Crippen LogP contribution in [0.3, 0.4) is 0 Å². The van der Waals surface area contributed by atoms with Crippen LogP contribution in [0, 0.1) is 5.82 Å². The number of nitrogens with zero attached hydrogens (tertiary/aromatic N) is 2. The number of carboxylic acids is 1. The Kier molecular flexibility index (Phi) is 4.38. The predicted molar refractivity (Wildman–Crippen MR) is 83.0 cm³/mol. The minimum absolute atomic E-state index is 0.231. The van der Waals surface area contributed by atoms with E-state index in [2.05, 4.69) is 4.98 Å². The van der Waals surface area contributed by atoms with Gasteiger partial charge in [-0.05, 0) is 24.5 Å². The fraction of sp³-hybridized carbons (Fsp3) is 0.312. The lowest BCUT2D eigenvalue weighted by atomic mass is 10.1. The Balaban J connectivity index is 1.75. The van der Waals surface area contributed by atoms with Gasteiger partial charge in [-0.15, -0.1) is 11.3 Å². The summed E-state index contributed by atoms with van der Waals surface area (Å²) in [5.41, 5.74) is 0.750. The molecule has 0 bridgehead atoms. The smallest absolute Gasteiger partial charge is 0.326 e. The van der Waals surface area contributed by atoms with Gasteiger partial charge in [0.15, 0.2) is 0 Å². The van der Waals surface area contributed by atoms with Crippen LogP contribution in [0.1, 0.15) is 33.9 Å². The molecule has 1 aliphatic heterocycles. The summed E-state index contributed by atoms with van der Waals surface area (Å²) in [5, 5.41) is 11.4. The second-order valence-electron chi connectivity index (χ2n) is 5.39. The average Bonchev–Trinajstić information content (AvgIpc) is 3.18. The summed E-state index contributed by atoms with van der Waals surface area (Å²) in [7, 11) is 0. The summed E-state index contributed by atoms with van der Waals surface area (Å²) in [6.45, 7) is 0.427. The standard InChI is InChI=1S/C16H15FN2O3S/c17-11-5-2-1-4-10(11)8-14-18-12(9-23-14)15(20)19-7-3-6-13(19)16(21)22/h1-2,4-5,9,13H,3,6-8H2,(H,21,22)/t13-/m1/s1. The Hall–Kier alpha value is -2.28. The molecule has 1 saturated heterocycles. The van der Waals surface area contributed by atoms with Crippen molar-refractivity contribution in [1.82, 2.24) is 9.88 Å². The van der Waals surface area contributed by atoms with Gasteiger partial charge in [-0.2, -0.15) is 0 Å². The van der Waals surface area contributed by atoms with Gasteiger partial charge in [-0.1, -0.05) is 18.2 Å². The molecule has 0 unspecified atom stereocenters. The van der Waals surface area contributed by atoms with Gasteiger partial charge in [-0.3, -0.25) is 4.79 Å². The number of hydrogen-bond acceptors (Lipinski definition) is 4. The van der Waals surface area contributed by atoms with E-state index in [4.69, 9.17) is 5.11 Å². The molecule has 1 aromatic carbocycles. The fourth-order valence-electron chi connectivity index (χ4n) is 2.71. The maximum Gasteiger partial charge on any atom is 0.326 e. The van der Waals surface area contributed by atoms with Gasteiger partial charge in [0, 0.05) is 18.3 Å². The Bertz CT molecular complexity index is 746. The van der Waals surface area contributed by atoms with Gasteiger partial charge in [0.25, 0.3) is 5.91 Å². The normalized spacial score (nSPS) is 17.4. The van der Waals surface area contributed by atoms with Crippen molar-refractivity contribution in [2.24, 2.45) is 0 Å². The maximum absolute atomic E-state index is 13.7. The van der Waals surface area contributed by atoms with Crippen LogP contribution in [0.2, 0.25) is 0 Å². The molecule has 2 heterocycles. The lowest BCUT2D eigenvalue weighted by Crippen LogP contribution is -2.40. The number of halogens is 1. The molecular formula is C16H15FN2O3S. The highest BCUT2D eigenvalue weighted by molar-refractivity contribution is 7.09. The van der Waals surface area contributed by atoms with Crippen LogP contribution < -0.4 is 0 Å². The molecular weight excluding hydrogens is 319 g/mol. The number of aromatic nitrogens is 1. The maximum atomic E-state index is 13.7. The number of carbonyl (C=O) groups excluding carboxylic acids is 1. The van der Waals surface area contributed by atoms with E-state index in [-0.39, 0.29) is 17.4 Å². The summed E-state index contributed by atoms with van der Waals surface area (Å²) >= 11 is 1.28. The molecule has 5 nitrogen and oxygen atoms in total. The number of carboxylic acid groups (broad SMARTS) is 1. The lowest BCUT2D eigenvalue weighted by molar-refractivity contribution is -0.141. The Labute approximate surface area is 136 Å². The third kappa shape index (κ3) is 3.24. The number of carbonyl (C=O) groups is 2. The van der Waals surface area contributed by atoms with Crippen LogP contribution in [-0.4, -0.2) is 39.5 Å². The van der Waals surface area contributed by atoms with Crippen molar-refractivity contribution in [2.75, 3.05) is 6.54 Å². The van der Waals surface area contributed by atoms with E-state index in [1.54, 1.807) is 23.6 Å². The molecule has 23 heavy (non-hydrogen) atoms. The molecule has 3 rings (SSSR count). The second kappa shape index (κ2) is 6.45. The molecule has 1 fully saturated rings. The molecule has 2 aromatic rings. The van der Waals surface area contributed by atoms with Crippen molar-refractivity contribution < 1.29 is 19.1 Å². The van der Waals surface area contributed by atoms with E-state index in [1.807, 2.05) is 0 Å². The predicted octanol–water partition coefficient (Wildman–Crippen LogP) is 2.56. The van der Waals surface area contributed by atoms with Crippen LogP contribution in [-0.2, 0) is 11.2 Å². The Morgan fingerprint density at radius 1 is 1.39 bits per heavy atom. The lowest BCUT2D eigenvalue weighted by Gasteiger charge is -2.20. The van der Waals surface area contributed by atoms with Crippen molar-refractivity contribution in [3.8, 4) is 0 Å². The van der Waals surface area contributed by atoms with Crippen molar-refractivity contribution in [2.45, 2.75) is 25.3 Å². The zero-order valence-electron chi connectivity index (χ0n) is 12.2. The molecule has 0 radical (unpaired) electrons. The van der Waals surface area contributed by atoms with Gasteiger partial charge in [0.05, 0.1) is 5.01 Å². The third-order valence-electron chi connectivity index (χ3n) is 3.87. The highest BCUT2D eigenvalue weighted by Gasteiger charge is 2.35. The van der Waals surface area contributed by atoms with E-state index in [0.29, 0.717) is 36.4 Å². The zero-order chi connectivity index (χ0) is 16.4. The number of thiazole rings is 1. The van der Waals surface area contributed by atoms with Gasteiger partial charge >= 0.3 is 5.97 Å². The molecule has 1 aromatic heterocycles. The first kappa shape index (κ1) is 15.6. The van der Waals surface area contributed by atoms with E-state index in [9.17, 15) is 14.0 Å². The number of benzene rings is 1. The summed E-state index contributed by atoms with van der Waals surface area (Å²) in [5.74, 6) is -1.66. The topological polar surface area (TPSA) is 70.5 Å². The first-order valence-corrected chi connectivity index (χ1v) is 8.16. The van der Waals surface area contributed by atoms with Crippen molar-refractivity contribution >= 4 is 23.2 Å². The van der Waals surface area contributed by atoms with Gasteiger partial charge in [0.2, 0.25) is 0 Å². The quantitative estimate of drug-likeness (QED) is 0.933.